The van der Waals surface area contributed by atoms with Crippen molar-refractivity contribution >= 4 is 33.8 Å². The van der Waals surface area contributed by atoms with Crippen LogP contribution in [0.1, 0.15) is 26.1 Å². The van der Waals surface area contributed by atoms with Gasteiger partial charge in [0.05, 0.1) is 29.3 Å². The summed E-state index contributed by atoms with van der Waals surface area (Å²) in [4.78, 5) is 25.5. The van der Waals surface area contributed by atoms with Crippen molar-refractivity contribution in [3.63, 3.8) is 0 Å². The van der Waals surface area contributed by atoms with E-state index >= 15 is 0 Å². The van der Waals surface area contributed by atoms with E-state index in [0.717, 1.165) is 18.5 Å². The number of aryl methyl sites for hydroxylation is 1. The lowest BCUT2D eigenvalue weighted by Crippen LogP contribution is -2.23. The quantitative estimate of drug-likeness (QED) is 0.475. The second-order valence-electron chi connectivity index (χ2n) is 7.15. The lowest BCUT2D eigenvalue weighted by molar-refractivity contribution is 0.507. The third-order valence-corrected chi connectivity index (χ3v) is 4.91. The Morgan fingerprint density at radius 2 is 1.93 bits per heavy atom. The first kappa shape index (κ1) is 18.6. The number of imidazole rings is 1. The molecule has 0 atom stereocenters. The van der Waals surface area contributed by atoms with E-state index in [0.29, 0.717) is 33.6 Å². The predicted octanol–water partition coefficient (Wildman–Crippen LogP) is 4.03. The van der Waals surface area contributed by atoms with Gasteiger partial charge in [-0.05, 0) is 42.7 Å². The van der Waals surface area contributed by atoms with Crippen LogP contribution in [0.25, 0.3) is 22.2 Å². The Morgan fingerprint density at radius 3 is 2.71 bits per heavy atom. The van der Waals surface area contributed by atoms with Crippen LogP contribution in [0.3, 0.4) is 0 Å². The Balaban J connectivity index is 1.87. The highest BCUT2D eigenvalue weighted by molar-refractivity contribution is 6.29. The summed E-state index contributed by atoms with van der Waals surface area (Å²) in [6, 6.07) is 7.82. The molecule has 6 nitrogen and oxygen atoms in total. The lowest BCUT2D eigenvalue weighted by Gasteiger charge is -2.13. The SMILES string of the molecule is CC(C)CCn1c(Cn2c(=O)cnc3ccc(F)cc32)nc2nc(Cl)ccc21. The second kappa shape index (κ2) is 7.31. The summed E-state index contributed by atoms with van der Waals surface area (Å²) in [6.45, 7) is 5.22. The van der Waals surface area contributed by atoms with Gasteiger partial charge in [0.2, 0.25) is 0 Å². The first-order valence-corrected chi connectivity index (χ1v) is 9.47. The molecular formula is C20H19ClFN5O. The highest BCUT2D eigenvalue weighted by Crippen LogP contribution is 2.20. The molecule has 4 aromatic rings. The van der Waals surface area contributed by atoms with Gasteiger partial charge in [-0.3, -0.25) is 9.36 Å². The van der Waals surface area contributed by atoms with Crippen LogP contribution in [0.4, 0.5) is 4.39 Å². The van der Waals surface area contributed by atoms with Crippen molar-refractivity contribution in [3.8, 4) is 0 Å². The summed E-state index contributed by atoms with van der Waals surface area (Å²) in [6.07, 6.45) is 2.19. The van der Waals surface area contributed by atoms with Crippen LogP contribution in [-0.4, -0.2) is 24.1 Å². The molecule has 3 heterocycles. The smallest absolute Gasteiger partial charge is 0.269 e. The summed E-state index contributed by atoms with van der Waals surface area (Å²) in [5, 5.41) is 0.362. The van der Waals surface area contributed by atoms with E-state index in [9.17, 15) is 9.18 Å². The molecule has 0 aliphatic rings. The number of nitrogens with zero attached hydrogens (tertiary/aromatic N) is 5. The van der Waals surface area contributed by atoms with Gasteiger partial charge in [0, 0.05) is 6.54 Å². The zero-order valence-corrected chi connectivity index (χ0v) is 16.3. The van der Waals surface area contributed by atoms with Crippen LogP contribution in [0.2, 0.25) is 5.15 Å². The van der Waals surface area contributed by atoms with Crippen molar-refractivity contribution in [1.29, 1.82) is 0 Å². The van der Waals surface area contributed by atoms with Crippen LogP contribution >= 0.6 is 11.6 Å². The van der Waals surface area contributed by atoms with Crippen LogP contribution in [0.5, 0.6) is 0 Å². The predicted molar refractivity (Wildman–Crippen MR) is 107 cm³/mol. The molecule has 0 saturated carbocycles. The molecule has 1 aromatic carbocycles. The summed E-state index contributed by atoms with van der Waals surface area (Å²) in [5.41, 5.74) is 2.06. The topological polar surface area (TPSA) is 65.6 Å². The molecule has 0 amide bonds. The molecule has 0 radical (unpaired) electrons. The molecule has 8 heteroatoms. The zero-order chi connectivity index (χ0) is 19.8. The van der Waals surface area contributed by atoms with Crippen LogP contribution in [0.15, 0.2) is 41.3 Å². The van der Waals surface area contributed by atoms with Gasteiger partial charge in [0.25, 0.3) is 5.56 Å². The maximum absolute atomic E-state index is 13.8. The molecular weight excluding hydrogens is 381 g/mol. The van der Waals surface area contributed by atoms with E-state index < -0.39 is 5.82 Å². The molecule has 144 valence electrons. The fourth-order valence-corrected chi connectivity index (χ4v) is 3.37. The van der Waals surface area contributed by atoms with Crippen molar-refractivity contribution in [3.05, 3.63) is 63.7 Å². The number of pyridine rings is 1. The van der Waals surface area contributed by atoms with Crippen molar-refractivity contribution in [2.75, 3.05) is 0 Å². The molecule has 0 saturated heterocycles. The molecule has 0 bridgehead atoms. The highest BCUT2D eigenvalue weighted by atomic mass is 35.5. The fourth-order valence-electron chi connectivity index (χ4n) is 3.23. The Morgan fingerprint density at radius 1 is 1.11 bits per heavy atom. The number of rotatable bonds is 5. The molecule has 0 unspecified atom stereocenters. The molecule has 0 fully saturated rings. The van der Waals surface area contributed by atoms with Gasteiger partial charge < -0.3 is 4.57 Å². The van der Waals surface area contributed by atoms with Crippen LogP contribution < -0.4 is 5.56 Å². The Hall–Kier alpha value is -2.80. The third-order valence-electron chi connectivity index (χ3n) is 4.70. The maximum atomic E-state index is 13.8. The van der Waals surface area contributed by atoms with E-state index in [-0.39, 0.29) is 12.1 Å². The Kier molecular flexibility index (Phi) is 4.85. The molecule has 0 N–H and O–H groups in total. The van der Waals surface area contributed by atoms with Gasteiger partial charge in [-0.15, -0.1) is 0 Å². The minimum Gasteiger partial charge on any atom is -0.325 e. The molecule has 3 aromatic heterocycles. The van der Waals surface area contributed by atoms with Crippen molar-refractivity contribution in [2.24, 2.45) is 5.92 Å². The van der Waals surface area contributed by atoms with E-state index in [4.69, 9.17) is 11.6 Å². The largest absolute Gasteiger partial charge is 0.325 e. The van der Waals surface area contributed by atoms with Gasteiger partial charge in [0.1, 0.15) is 16.8 Å². The van der Waals surface area contributed by atoms with Crippen molar-refractivity contribution < 1.29 is 4.39 Å². The number of aromatic nitrogens is 5. The summed E-state index contributed by atoms with van der Waals surface area (Å²) in [7, 11) is 0. The molecule has 0 spiro atoms. The van der Waals surface area contributed by atoms with Gasteiger partial charge >= 0.3 is 0 Å². The Labute approximate surface area is 165 Å². The maximum Gasteiger partial charge on any atom is 0.269 e. The summed E-state index contributed by atoms with van der Waals surface area (Å²) in [5.74, 6) is 0.754. The average Bonchev–Trinajstić information content (AvgIpc) is 2.98. The number of halogens is 2. The molecule has 4 rings (SSSR count). The highest BCUT2D eigenvalue weighted by Gasteiger charge is 2.15. The van der Waals surface area contributed by atoms with Gasteiger partial charge in [-0.25, -0.2) is 19.3 Å². The molecule has 28 heavy (non-hydrogen) atoms. The number of benzene rings is 1. The standard InChI is InChI=1S/C20H19ClFN5O/c1-12(2)7-8-26-15-5-6-17(21)24-20(15)25-18(26)11-27-16-9-13(22)3-4-14(16)23-10-19(27)28/h3-6,9-10,12H,7-8,11H2,1-2H3. The minimum absolute atomic E-state index is 0.188. The number of hydrogen-bond donors (Lipinski definition) is 0. The monoisotopic (exact) mass is 399 g/mol. The summed E-state index contributed by atoms with van der Waals surface area (Å²) < 4.78 is 17.3. The third kappa shape index (κ3) is 3.49. The van der Waals surface area contributed by atoms with E-state index in [1.165, 1.54) is 22.9 Å². The lowest BCUT2D eigenvalue weighted by atomic mass is 10.1. The molecule has 0 aliphatic heterocycles. The summed E-state index contributed by atoms with van der Waals surface area (Å²) >= 11 is 6.02. The van der Waals surface area contributed by atoms with Crippen LogP contribution in [0, 0.1) is 11.7 Å². The zero-order valence-electron chi connectivity index (χ0n) is 15.6. The average molecular weight is 400 g/mol. The first-order chi connectivity index (χ1) is 13.4. The van der Waals surface area contributed by atoms with Crippen LogP contribution in [-0.2, 0) is 13.1 Å². The first-order valence-electron chi connectivity index (χ1n) is 9.09. The molecule has 0 aliphatic carbocycles. The van der Waals surface area contributed by atoms with Gasteiger partial charge in [-0.1, -0.05) is 25.4 Å². The normalized spacial score (nSPS) is 11.8. The van der Waals surface area contributed by atoms with E-state index in [2.05, 4.69) is 33.4 Å². The van der Waals surface area contributed by atoms with Crippen molar-refractivity contribution in [2.45, 2.75) is 33.4 Å². The second-order valence-corrected chi connectivity index (χ2v) is 7.54. The Bertz CT molecular complexity index is 1230. The minimum atomic E-state index is -0.421. The van der Waals surface area contributed by atoms with E-state index in [1.807, 2.05) is 6.07 Å². The van der Waals surface area contributed by atoms with Gasteiger partial charge in [-0.2, -0.15) is 0 Å². The fraction of sp³-hybridized carbons (Fsp3) is 0.300. The van der Waals surface area contributed by atoms with Gasteiger partial charge in [0.15, 0.2) is 5.65 Å². The van der Waals surface area contributed by atoms with Crippen molar-refractivity contribution in [1.82, 2.24) is 24.1 Å². The number of fused-ring (bicyclic) bond motifs is 2. The van der Waals surface area contributed by atoms with E-state index in [1.54, 1.807) is 12.1 Å². The number of hydrogen-bond acceptors (Lipinski definition) is 4.